The van der Waals surface area contributed by atoms with E-state index in [0.29, 0.717) is 0 Å². The van der Waals surface area contributed by atoms with E-state index >= 15 is 0 Å². The van der Waals surface area contributed by atoms with Crippen molar-refractivity contribution in [1.82, 2.24) is 5.32 Å². The zero-order valence-corrected chi connectivity index (χ0v) is 9.70. The summed E-state index contributed by atoms with van der Waals surface area (Å²) in [5.74, 6) is -0.701. The highest BCUT2D eigenvalue weighted by molar-refractivity contribution is 5.96. The van der Waals surface area contributed by atoms with Crippen molar-refractivity contribution < 1.29 is 24.7 Å². The largest absolute Gasteiger partial charge is 0.394 e. The Morgan fingerprint density at radius 2 is 2.16 bits per heavy atom. The van der Waals surface area contributed by atoms with Crippen LogP contribution >= 0.6 is 0 Å². The number of aliphatic hydroxyl groups excluding tert-OH is 2. The molecule has 1 atom stereocenters. The van der Waals surface area contributed by atoms with E-state index in [1.54, 1.807) is 0 Å². The molecule has 19 heavy (non-hydrogen) atoms. The van der Waals surface area contributed by atoms with Gasteiger partial charge in [0, 0.05) is 29.8 Å². The van der Waals surface area contributed by atoms with E-state index in [4.69, 9.17) is 10.2 Å². The third-order valence-corrected chi connectivity index (χ3v) is 2.22. The summed E-state index contributed by atoms with van der Waals surface area (Å²) in [6.07, 6.45) is 0.344. The summed E-state index contributed by atoms with van der Waals surface area (Å²) in [5.41, 5.74) is -0.631. The van der Waals surface area contributed by atoms with Crippen LogP contribution < -0.4 is 5.32 Å². The molecule has 0 aliphatic rings. The minimum Gasteiger partial charge on any atom is -0.394 e. The molecule has 1 rings (SSSR count). The van der Waals surface area contributed by atoms with E-state index in [0.717, 1.165) is 18.2 Å². The van der Waals surface area contributed by atoms with Crippen LogP contribution in [0.5, 0.6) is 0 Å². The van der Waals surface area contributed by atoms with E-state index in [9.17, 15) is 19.7 Å². The summed E-state index contributed by atoms with van der Waals surface area (Å²) in [7, 11) is 0. The zero-order valence-electron chi connectivity index (χ0n) is 9.70. The minimum atomic E-state index is -1.13. The van der Waals surface area contributed by atoms with E-state index in [-0.39, 0.29) is 17.7 Å². The number of aliphatic hydroxyl groups is 2. The maximum atomic E-state index is 11.7. The number of nitrogens with one attached hydrogen (secondary N) is 1. The molecule has 1 aromatic carbocycles. The number of hydrogen-bond donors (Lipinski definition) is 3. The SMILES string of the molecule is O=[C]c1cc(C(=O)NCC(O)CO)cc([N+](=O)[O-])c1. The summed E-state index contributed by atoms with van der Waals surface area (Å²) in [6, 6.07) is 3.13. The van der Waals surface area contributed by atoms with Gasteiger partial charge in [-0.3, -0.25) is 19.7 Å². The Bertz CT molecular complexity index is 502. The zero-order chi connectivity index (χ0) is 14.4. The number of carbonyl (C=O) groups excluding carboxylic acids is 2. The number of hydrogen-bond acceptors (Lipinski definition) is 6. The van der Waals surface area contributed by atoms with Gasteiger partial charge in [-0.25, -0.2) is 0 Å². The molecule has 3 N–H and O–H groups in total. The predicted molar refractivity (Wildman–Crippen MR) is 63.3 cm³/mol. The van der Waals surface area contributed by atoms with Gasteiger partial charge in [-0.15, -0.1) is 0 Å². The van der Waals surface area contributed by atoms with Crippen LogP contribution in [0.4, 0.5) is 5.69 Å². The van der Waals surface area contributed by atoms with Crippen molar-refractivity contribution in [2.75, 3.05) is 13.2 Å². The van der Waals surface area contributed by atoms with Crippen LogP contribution in [0.3, 0.4) is 0 Å². The first kappa shape index (κ1) is 14.7. The van der Waals surface area contributed by atoms with Crippen molar-refractivity contribution in [3.63, 3.8) is 0 Å². The molecule has 0 aliphatic carbocycles. The molecule has 8 nitrogen and oxygen atoms in total. The molecule has 1 radical (unpaired) electrons. The Morgan fingerprint density at radius 1 is 1.47 bits per heavy atom. The van der Waals surface area contributed by atoms with Crippen LogP contribution in [0.25, 0.3) is 0 Å². The molecule has 0 saturated heterocycles. The van der Waals surface area contributed by atoms with Crippen LogP contribution in [-0.2, 0) is 4.79 Å². The smallest absolute Gasteiger partial charge is 0.270 e. The van der Waals surface area contributed by atoms with E-state index in [1.165, 1.54) is 6.29 Å². The standard InChI is InChI=1S/C11H11N2O6/c14-5-7-1-8(3-9(2-7)13(18)19)11(17)12-4-10(16)6-15/h1-3,10,15-16H,4,6H2,(H,12,17). The van der Waals surface area contributed by atoms with E-state index in [1.807, 2.05) is 0 Å². The van der Waals surface area contributed by atoms with Crippen LogP contribution in [0, 0.1) is 10.1 Å². The van der Waals surface area contributed by atoms with Gasteiger partial charge in [0.1, 0.15) is 0 Å². The normalized spacial score (nSPS) is 11.7. The van der Waals surface area contributed by atoms with Crippen molar-refractivity contribution in [2.24, 2.45) is 0 Å². The Hall–Kier alpha value is -2.32. The van der Waals surface area contributed by atoms with Crippen molar-refractivity contribution in [1.29, 1.82) is 0 Å². The second kappa shape index (κ2) is 6.57. The Morgan fingerprint density at radius 3 is 2.68 bits per heavy atom. The third kappa shape index (κ3) is 4.12. The summed E-state index contributed by atoms with van der Waals surface area (Å²) < 4.78 is 0. The molecule has 0 aromatic heterocycles. The van der Waals surface area contributed by atoms with Crippen molar-refractivity contribution in [3.05, 3.63) is 39.4 Å². The number of nitro groups is 1. The topological polar surface area (TPSA) is 130 Å². The number of rotatable bonds is 6. The average Bonchev–Trinajstić information content (AvgIpc) is 2.43. The molecule has 1 aromatic rings. The second-order valence-electron chi connectivity index (χ2n) is 3.67. The van der Waals surface area contributed by atoms with Crippen molar-refractivity contribution >= 4 is 17.9 Å². The molecule has 0 spiro atoms. The lowest BCUT2D eigenvalue weighted by Crippen LogP contribution is -2.33. The average molecular weight is 267 g/mol. The lowest BCUT2D eigenvalue weighted by molar-refractivity contribution is -0.384. The van der Waals surface area contributed by atoms with E-state index in [2.05, 4.69) is 5.32 Å². The fourth-order valence-corrected chi connectivity index (χ4v) is 1.28. The summed E-state index contributed by atoms with van der Waals surface area (Å²) in [6.45, 7) is -0.735. The molecule has 1 amide bonds. The van der Waals surface area contributed by atoms with Gasteiger partial charge in [0.15, 0.2) is 0 Å². The van der Waals surface area contributed by atoms with Gasteiger partial charge in [0.05, 0.1) is 17.6 Å². The number of amides is 1. The summed E-state index contributed by atoms with van der Waals surface area (Å²) in [4.78, 5) is 32.1. The Kier molecular flexibility index (Phi) is 5.10. The second-order valence-corrected chi connectivity index (χ2v) is 3.67. The van der Waals surface area contributed by atoms with E-state index < -0.39 is 29.2 Å². The van der Waals surface area contributed by atoms with Crippen LogP contribution in [-0.4, -0.2) is 46.6 Å². The molecule has 1 unspecified atom stereocenters. The molecular formula is C11H11N2O6. The molecular weight excluding hydrogens is 256 g/mol. The number of nitrogens with zero attached hydrogens (tertiary/aromatic N) is 1. The Labute approximate surface area is 107 Å². The summed E-state index contributed by atoms with van der Waals surface area (Å²) in [5, 5.41) is 30.5. The molecule has 0 saturated carbocycles. The van der Waals surface area contributed by atoms with Crippen molar-refractivity contribution in [3.8, 4) is 0 Å². The van der Waals surface area contributed by atoms with Gasteiger partial charge in [-0.05, 0) is 6.07 Å². The molecule has 0 bridgehead atoms. The van der Waals surface area contributed by atoms with Gasteiger partial charge in [-0.2, -0.15) is 0 Å². The monoisotopic (exact) mass is 267 g/mol. The first-order chi connectivity index (χ1) is 8.97. The number of benzene rings is 1. The van der Waals surface area contributed by atoms with Gasteiger partial charge < -0.3 is 15.5 Å². The Balaban J connectivity index is 2.92. The van der Waals surface area contributed by atoms with Crippen molar-refractivity contribution in [2.45, 2.75) is 6.10 Å². The molecule has 8 heteroatoms. The maximum absolute atomic E-state index is 11.7. The van der Waals surface area contributed by atoms with Crippen LogP contribution in [0.2, 0.25) is 0 Å². The van der Waals surface area contributed by atoms with Gasteiger partial charge in [-0.1, -0.05) is 0 Å². The predicted octanol–water partition coefficient (Wildman–Crippen LogP) is -0.864. The molecule has 0 heterocycles. The highest BCUT2D eigenvalue weighted by atomic mass is 16.6. The highest BCUT2D eigenvalue weighted by Crippen LogP contribution is 2.16. The van der Waals surface area contributed by atoms with Gasteiger partial charge in [0.25, 0.3) is 11.6 Å². The number of non-ortho nitro benzene ring substituents is 1. The molecule has 0 aliphatic heterocycles. The molecule has 0 fully saturated rings. The number of carbonyl (C=O) groups is 1. The summed E-state index contributed by atoms with van der Waals surface area (Å²) >= 11 is 0. The first-order valence-electron chi connectivity index (χ1n) is 5.22. The van der Waals surface area contributed by atoms with Gasteiger partial charge in [0.2, 0.25) is 6.29 Å². The minimum absolute atomic E-state index is 0.0994. The molecule has 101 valence electrons. The maximum Gasteiger partial charge on any atom is 0.270 e. The van der Waals surface area contributed by atoms with Gasteiger partial charge >= 0.3 is 0 Å². The lowest BCUT2D eigenvalue weighted by atomic mass is 10.1. The fraction of sp³-hybridized carbons (Fsp3) is 0.273. The quantitative estimate of drug-likeness (QED) is 0.454. The van der Waals surface area contributed by atoms with Crippen LogP contribution in [0.1, 0.15) is 15.9 Å². The third-order valence-electron chi connectivity index (χ3n) is 2.22. The first-order valence-corrected chi connectivity index (χ1v) is 5.22. The highest BCUT2D eigenvalue weighted by Gasteiger charge is 2.15. The van der Waals surface area contributed by atoms with Crippen LogP contribution in [0.15, 0.2) is 18.2 Å². The fourth-order valence-electron chi connectivity index (χ4n) is 1.28. The number of nitro benzene ring substituents is 1. The lowest BCUT2D eigenvalue weighted by Gasteiger charge is -2.09.